The predicted octanol–water partition coefficient (Wildman–Crippen LogP) is 3.89. The second-order valence-electron chi connectivity index (χ2n) is 4.37. The fourth-order valence-corrected chi connectivity index (χ4v) is 2.11. The van der Waals surface area contributed by atoms with E-state index in [0.717, 1.165) is 24.0 Å². The lowest BCUT2D eigenvalue weighted by atomic mass is 9.97. The largest absolute Gasteiger partial charge is 0.507 e. The second-order valence-corrected chi connectivity index (χ2v) is 4.37. The topological polar surface area (TPSA) is 40.5 Å². The summed E-state index contributed by atoms with van der Waals surface area (Å²) < 4.78 is 0. The van der Waals surface area contributed by atoms with Gasteiger partial charge in [0.2, 0.25) is 0 Å². The number of aromatic hydroxyl groups is 2. The summed E-state index contributed by atoms with van der Waals surface area (Å²) in [5, 5.41) is 20.2. The SMILES string of the molecule is CCc1ccc(O)c(-c2cccc(CC)c2O)c1. The standard InChI is InChI=1S/C16H18O2/c1-3-11-8-9-15(17)14(10-11)13-7-5-6-12(4-2)16(13)18/h5-10,17-18H,3-4H2,1-2H3. The van der Waals surface area contributed by atoms with Gasteiger partial charge in [-0.25, -0.2) is 0 Å². The molecule has 0 fully saturated rings. The minimum atomic E-state index is 0.204. The van der Waals surface area contributed by atoms with Gasteiger partial charge in [-0.1, -0.05) is 38.1 Å². The highest BCUT2D eigenvalue weighted by Crippen LogP contribution is 2.37. The van der Waals surface area contributed by atoms with Crippen LogP contribution in [0.5, 0.6) is 11.5 Å². The summed E-state index contributed by atoms with van der Waals surface area (Å²) in [5.41, 5.74) is 3.43. The molecule has 0 aromatic heterocycles. The highest BCUT2D eigenvalue weighted by molar-refractivity contribution is 5.77. The molecular formula is C16H18O2. The molecule has 0 unspecified atom stereocenters. The lowest BCUT2D eigenvalue weighted by Gasteiger charge is -2.11. The number of benzene rings is 2. The molecular weight excluding hydrogens is 224 g/mol. The Bertz CT molecular complexity index is 559. The number of hydrogen-bond donors (Lipinski definition) is 2. The normalized spacial score (nSPS) is 10.6. The second kappa shape index (κ2) is 5.13. The Morgan fingerprint density at radius 2 is 1.67 bits per heavy atom. The van der Waals surface area contributed by atoms with Crippen LogP contribution in [0, 0.1) is 0 Å². The third-order valence-electron chi connectivity index (χ3n) is 3.26. The van der Waals surface area contributed by atoms with Crippen LogP contribution in [0.15, 0.2) is 36.4 Å². The first kappa shape index (κ1) is 12.5. The van der Waals surface area contributed by atoms with Crippen LogP contribution in [0.4, 0.5) is 0 Å². The maximum absolute atomic E-state index is 10.2. The van der Waals surface area contributed by atoms with Crippen molar-refractivity contribution in [1.82, 2.24) is 0 Å². The van der Waals surface area contributed by atoms with E-state index in [0.29, 0.717) is 11.1 Å². The molecule has 2 nitrogen and oxygen atoms in total. The Hall–Kier alpha value is -1.96. The maximum Gasteiger partial charge on any atom is 0.126 e. The summed E-state index contributed by atoms with van der Waals surface area (Å²) in [7, 11) is 0. The molecule has 2 aromatic rings. The molecule has 0 saturated heterocycles. The molecule has 18 heavy (non-hydrogen) atoms. The average Bonchev–Trinajstić information content (AvgIpc) is 2.40. The summed E-state index contributed by atoms with van der Waals surface area (Å²) in [4.78, 5) is 0. The molecule has 94 valence electrons. The third-order valence-corrected chi connectivity index (χ3v) is 3.26. The Labute approximate surface area is 108 Å². The Balaban J connectivity index is 2.61. The van der Waals surface area contributed by atoms with Crippen molar-refractivity contribution in [2.45, 2.75) is 26.7 Å². The zero-order valence-corrected chi connectivity index (χ0v) is 10.8. The van der Waals surface area contributed by atoms with Gasteiger partial charge in [0.15, 0.2) is 0 Å². The molecule has 2 aromatic carbocycles. The zero-order chi connectivity index (χ0) is 13.1. The van der Waals surface area contributed by atoms with Gasteiger partial charge in [0.25, 0.3) is 0 Å². The number of para-hydroxylation sites is 1. The zero-order valence-electron chi connectivity index (χ0n) is 10.8. The fraction of sp³-hybridized carbons (Fsp3) is 0.250. The van der Waals surface area contributed by atoms with Gasteiger partial charge >= 0.3 is 0 Å². The maximum atomic E-state index is 10.2. The number of rotatable bonds is 3. The lowest BCUT2D eigenvalue weighted by Crippen LogP contribution is -1.88. The number of phenolic OH excluding ortho intramolecular Hbond substituents is 2. The van der Waals surface area contributed by atoms with Crippen molar-refractivity contribution in [2.24, 2.45) is 0 Å². The van der Waals surface area contributed by atoms with Crippen molar-refractivity contribution in [1.29, 1.82) is 0 Å². The lowest BCUT2D eigenvalue weighted by molar-refractivity contribution is 0.465. The fourth-order valence-electron chi connectivity index (χ4n) is 2.11. The van der Waals surface area contributed by atoms with Crippen LogP contribution in [0.25, 0.3) is 11.1 Å². The van der Waals surface area contributed by atoms with E-state index in [4.69, 9.17) is 0 Å². The van der Waals surface area contributed by atoms with Crippen molar-refractivity contribution < 1.29 is 10.2 Å². The van der Waals surface area contributed by atoms with E-state index in [1.807, 2.05) is 37.3 Å². The summed E-state index contributed by atoms with van der Waals surface area (Å²) >= 11 is 0. The monoisotopic (exact) mass is 242 g/mol. The molecule has 0 aliphatic rings. The summed E-state index contributed by atoms with van der Waals surface area (Å²) in [5.74, 6) is 0.472. The van der Waals surface area contributed by atoms with E-state index < -0.39 is 0 Å². The van der Waals surface area contributed by atoms with Crippen LogP contribution in [0.1, 0.15) is 25.0 Å². The predicted molar refractivity (Wildman–Crippen MR) is 74.0 cm³/mol. The van der Waals surface area contributed by atoms with Gasteiger partial charge in [-0.2, -0.15) is 0 Å². The molecule has 0 atom stereocenters. The molecule has 0 bridgehead atoms. The summed E-state index contributed by atoms with van der Waals surface area (Å²) in [6, 6.07) is 11.2. The van der Waals surface area contributed by atoms with Crippen molar-refractivity contribution in [3.8, 4) is 22.6 Å². The molecule has 0 radical (unpaired) electrons. The van der Waals surface area contributed by atoms with Crippen LogP contribution in [-0.2, 0) is 12.8 Å². The Kier molecular flexibility index (Phi) is 3.56. The third kappa shape index (κ3) is 2.19. The van der Waals surface area contributed by atoms with E-state index in [1.165, 1.54) is 0 Å². The van der Waals surface area contributed by atoms with E-state index in [2.05, 4.69) is 6.92 Å². The van der Waals surface area contributed by atoms with E-state index in [-0.39, 0.29) is 11.5 Å². The quantitative estimate of drug-likeness (QED) is 0.857. The van der Waals surface area contributed by atoms with Crippen molar-refractivity contribution in [3.63, 3.8) is 0 Å². The van der Waals surface area contributed by atoms with Crippen molar-refractivity contribution in [3.05, 3.63) is 47.5 Å². The van der Waals surface area contributed by atoms with Crippen molar-refractivity contribution in [2.75, 3.05) is 0 Å². The molecule has 0 aliphatic heterocycles. The molecule has 2 heteroatoms. The summed E-state index contributed by atoms with van der Waals surface area (Å²) in [6.07, 6.45) is 1.68. The van der Waals surface area contributed by atoms with Crippen LogP contribution in [0.3, 0.4) is 0 Å². The number of hydrogen-bond acceptors (Lipinski definition) is 2. The number of phenols is 2. The van der Waals surface area contributed by atoms with E-state index in [1.54, 1.807) is 6.07 Å². The molecule has 0 heterocycles. The molecule has 0 aliphatic carbocycles. The van der Waals surface area contributed by atoms with Crippen LogP contribution in [-0.4, -0.2) is 10.2 Å². The average molecular weight is 242 g/mol. The first-order valence-electron chi connectivity index (χ1n) is 6.30. The molecule has 0 amide bonds. The molecule has 2 N–H and O–H groups in total. The first-order chi connectivity index (χ1) is 8.67. The molecule has 0 saturated carbocycles. The van der Waals surface area contributed by atoms with Crippen molar-refractivity contribution >= 4 is 0 Å². The molecule has 0 spiro atoms. The minimum Gasteiger partial charge on any atom is -0.507 e. The van der Waals surface area contributed by atoms with E-state index in [9.17, 15) is 10.2 Å². The highest BCUT2D eigenvalue weighted by Gasteiger charge is 2.11. The van der Waals surface area contributed by atoms with Gasteiger partial charge in [-0.15, -0.1) is 0 Å². The van der Waals surface area contributed by atoms with Gasteiger partial charge < -0.3 is 10.2 Å². The van der Waals surface area contributed by atoms with Gasteiger partial charge in [0.05, 0.1) is 0 Å². The van der Waals surface area contributed by atoms with Crippen LogP contribution in [0.2, 0.25) is 0 Å². The Morgan fingerprint density at radius 3 is 2.33 bits per heavy atom. The Morgan fingerprint density at radius 1 is 0.889 bits per heavy atom. The minimum absolute atomic E-state index is 0.204. The van der Waals surface area contributed by atoms with Crippen LogP contribution < -0.4 is 0 Å². The van der Waals surface area contributed by atoms with E-state index >= 15 is 0 Å². The number of aryl methyl sites for hydroxylation is 2. The molecule has 2 rings (SSSR count). The van der Waals surface area contributed by atoms with Crippen LogP contribution >= 0.6 is 0 Å². The van der Waals surface area contributed by atoms with Gasteiger partial charge in [-0.05, 0) is 36.1 Å². The van der Waals surface area contributed by atoms with Gasteiger partial charge in [0, 0.05) is 11.1 Å². The summed E-state index contributed by atoms with van der Waals surface area (Å²) in [6.45, 7) is 4.07. The first-order valence-corrected chi connectivity index (χ1v) is 6.30. The smallest absolute Gasteiger partial charge is 0.126 e. The van der Waals surface area contributed by atoms with Gasteiger partial charge in [-0.3, -0.25) is 0 Å². The highest BCUT2D eigenvalue weighted by atomic mass is 16.3. The van der Waals surface area contributed by atoms with Gasteiger partial charge in [0.1, 0.15) is 11.5 Å².